The minimum absolute atomic E-state index is 0.00577. The molecule has 0 atom stereocenters. The molecule has 0 N–H and O–H groups in total. The van der Waals surface area contributed by atoms with Crippen LogP contribution in [0.4, 0.5) is 5.69 Å². The third kappa shape index (κ3) is 11.3. The molecule has 0 radical (unpaired) electrons. The van der Waals surface area contributed by atoms with Gasteiger partial charge in [-0.1, -0.05) is 107 Å². The summed E-state index contributed by atoms with van der Waals surface area (Å²) in [5.41, 5.74) is 5.18. The van der Waals surface area contributed by atoms with E-state index in [2.05, 4.69) is 40.7 Å². The Morgan fingerprint density at radius 1 is 0.825 bits per heavy atom. The van der Waals surface area contributed by atoms with Crippen LogP contribution < -0.4 is 18.9 Å². The van der Waals surface area contributed by atoms with Crippen molar-refractivity contribution in [2.24, 2.45) is 0 Å². The lowest BCUT2D eigenvalue weighted by molar-refractivity contribution is -0.683. The second kappa shape index (κ2) is 18.5. The molecule has 1 heterocycles. The molecule has 3 aromatic rings. The summed E-state index contributed by atoms with van der Waals surface area (Å²) >= 11 is 1.68. The van der Waals surface area contributed by atoms with Crippen molar-refractivity contribution >= 4 is 22.9 Å². The molecule has 6 heteroatoms. The number of aromatic nitrogens is 1. The Bertz CT molecular complexity index is 1100. The van der Waals surface area contributed by atoms with Gasteiger partial charge in [0.2, 0.25) is 11.4 Å². The molecule has 0 aliphatic carbocycles. The van der Waals surface area contributed by atoms with Crippen LogP contribution in [0.1, 0.15) is 102 Å². The molecule has 5 nitrogen and oxygen atoms in total. The van der Waals surface area contributed by atoms with Crippen LogP contribution in [-0.4, -0.2) is 19.6 Å². The van der Waals surface area contributed by atoms with Gasteiger partial charge in [-0.05, 0) is 36.2 Å². The minimum atomic E-state index is 0.00577. The number of rotatable bonds is 20. The smallest absolute Gasteiger partial charge is 0.224 e. The third-order valence-corrected chi connectivity index (χ3v) is 8.02. The standard InChI is InChI=1S/C34H49N2O3S/c1-4-5-6-7-8-9-10-11-12-13-14-15-23-39-33-21-18-31(25-34(33)38-3)27-36(29(2)37)32-19-16-30(17-20-32)26-35-22-24-40-28-35/h16-22,24-25,28H,4-15,23,26-27H2,1-3H3/q+1. The predicted octanol–water partition coefficient (Wildman–Crippen LogP) is 8.73. The monoisotopic (exact) mass is 565 g/mol. The molecule has 0 fully saturated rings. The molecule has 0 spiro atoms. The number of unbranched alkanes of at least 4 members (excludes halogenated alkanes) is 11. The first-order valence-electron chi connectivity index (χ1n) is 15.2. The fraction of sp³-hybridized carbons (Fsp3) is 0.529. The van der Waals surface area contributed by atoms with E-state index < -0.39 is 0 Å². The number of carbonyl (C=O) groups excluding carboxylic acids is 1. The van der Waals surface area contributed by atoms with Crippen LogP contribution in [0.2, 0.25) is 0 Å². The molecule has 0 saturated heterocycles. The molecular weight excluding hydrogens is 516 g/mol. The summed E-state index contributed by atoms with van der Waals surface area (Å²) in [6.07, 6.45) is 18.0. The molecule has 0 saturated carbocycles. The zero-order valence-corrected chi connectivity index (χ0v) is 25.7. The number of hydrogen-bond acceptors (Lipinski definition) is 4. The van der Waals surface area contributed by atoms with Crippen LogP contribution in [0.3, 0.4) is 0 Å². The van der Waals surface area contributed by atoms with Crippen LogP contribution in [0.5, 0.6) is 11.5 Å². The van der Waals surface area contributed by atoms with E-state index in [-0.39, 0.29) is 5.91 Å². The van der Waals surface area contributed by atoms with Crippen molar-refractivity contribution in [2.45, 2.75) is 104 Å². The number of benzene rings is 2. The average Bonchev–Trinajstić information content (AvgIpc) is 3.48. The zero-order chi connectivity index (χ0) is 28.4. The number of anilines is 1. The summed E-state index contributed by atoms with van der Waals surface area (Å²) in [5, 5.41) is 2.07. The molecule has 3 rings (SSSR count). The Kier molecular flexibility index (Phi) is 14.6. The van der Waals surface area contributed by atoms with Crippen molar-refractivity contribution in [3.05, 3.63) is 70.7 Å². The van der Waals surface area contributed by atoms with Gasteiger partial charge in [0.05, 0.1) is 25.6 Å². The Balaban J connectivity index is 1.40. The Hall–Kier alpha value is -2.86. The van der Waals surface area contributed by atoms with E-state index in [1.165, 1.54) is 76.2 Å². The van der Waals surface area contributed by atoms with Gasteiger partial charge in [-0.25, -0.2) is 0 Å². The van der Waals surface area contributed by atoms with Gasteiger partial charge in [0.1, 0.15) is 0 Å². The van der Waals surface area contributed by atoms with E-state index in [9.17, 15) is 4.79 Å². The van der Waals surface area contributed by atoms with Crippen molar-refractivity contribution in [2.75, 3.05) is 18.6 Å². The number of amides is 1. The molecule has 0 bridgehead atoms. The van der Waals surface area contributed by atoms with Crippen LogP contribution in [-0.2, 0) is 17.9 Å². The maximum absolute atomic E-state index is 12.5. The van der Waals surface area contributed by atoms with Crippen molar-refractivity contribution in [1.29, 1.82) is 0 Å². The van der Waals surface area contributed by atoms with Crippen molar-refractivity contribution < 1.29 is 18.8 Å². The summed E-state index contributed by atoms with van der Waals surface area (Å²) in [6, 6.07) is 14.2. The highest BCUT2D eigenvalue weighted by atomic mass is 32.1. The number of hydrogen-bond donors (Lipinski definition) is 0. The summed E-state index contributed by atoms with van der Waals surface area (Å²) in [6.45, 7) is 5.88. The molecule has 1 aromatic heterocycles. The number of ether oxygens (including phenoxy) is 2. The molecule has 0 aliphatic rings. The van der Waals surface area contributed by atoms with Crippen molar-refractivity contribution in [3.8, 4) is 11.5 Å². The topological polar surface area (TPSA) is 42.7 Å². The first-order chi connectivity index (χ1) is 19.6. The number of carbonyl (C=O) groups is 1. The van der Waals surface area contributed by atoms with Gasteiger partial charge in [0.15, 0.2) is 24.2 Å². The first kappa shape index (κ1) is 31.7. The van der Waals surface area contributed by atoms with Crippen LogP contribution >= 0.6 is 11.3 Å². The van der Waals surface area contributed by atoms with Gasteiger partial charge < -0.3 is 14.4 Å². The summed E-state index contributed by atoms with van der Waals surface area (Å²) in [4.78, 5) is 14.3. The maximum Gasteiger partial charge on any atom is 0.224 e. The second-order valence-corrected chi connectivity index (χ2v) is 11.4. The van der Waals surface area contributed by atoms with Crippen molar-refractivity contribution in [3.63, 3.8) is 0 Å². The van der Waals surface area contributed by atoms with E-state index >= 15 is 0 Å². The maximum atomic E-state index is 12.5. The predicted molar refractivity (Wildman–Crippen MR) is 166 cm³/mol. The largest absolute Gasteiger partial charge is 0.493 e. The van der Waals surface area contributed by atoms with E-state index in [1.807, 2.05) is 30.3 Å². The quantitative estimate of drug-likeness (QED) is 0.102. The molecule has 1 amide bonds. The first-order valence-corrected chi connectivity index (χ1v) is 16.1. The highest BCUT2D eigenvalue weighted by Crippen LogP contribution is 2.30. The lowest BCUT2D eigenvalue weighted by atomic mass is 10.1. The molecule has 0 unspecified atom stereocenters. The summed E-state index contributed by atoms with van der Waals surface area (Å²) < 4.78 is 13.8. The van der Waals surface area contributed by atoms with Crippen LogP contribution in [0, 0.1) is 0 Å². The molecule has 2 aromatic carbocycles. The molecular formula is C34H49N2O3S+. The van der Waals surface area contributed by atoms with Crippen molar-refractivity contribution in [1.82, 2.24) is 0 Å². The van der Waals surface area contributed by atoms with E-state index in [4.69, 9.17) is 9.47 Å². The second-order valence-electron chi connectivity index (χ2n) is 10.7. The van der Waals surface area contributed by atoms with Gasteiger partial charge in [0, 0.05) is 18.2 Å². The SMILES string of the molecule is CCCCCCCCCCCCCCOc1ccc(CN(C(C)=O)c2ccc(C[n+]3ccsc3)cc2)cc1OC. The molecule has 0 aliphatic heterocycles. The average molecular weight is 566 g/mol. The van der Waals surface area contributed by atoms with Crippen LogP contribution in [0.15, 0.2) is 59.6 Å². The Morgan fingerprint density at radius 2 is 1.45 bits per heavy atom. The lowest BCUT2D eigenvalue weighted by Gasteiger charge is -2.22. The van der Waals surface area contributed by atoms with Crippen LogP contribution in [0.25, 0.3) is 0 Å². The van der Waals surface area contributed by atoms with Gasteiger partial charge in [-0.2, -0.15) is 4.57 Å². The third-order valence-electron chi connectivity index (χ3n) is 7.34. The van der Waals surface area contributed by atoms with Gasteiger partial charge in [0.25, 0.3) is 0 Å². The lowest BCUT2D eigenvalue weighted by Crippen LogP contribution is -2.30. The fourth-order valence-corrected chi connectivity index (χ4v) is 5.56. The van der Waals surface area contributed by atoms with Gasteiger partial charge in [-0.3, -0.25) is 4.79 Å². The fourth-order valence-electron chi connectivity index (χ4n) is 4.97. The number of thiazole rings is 1. The van der Waals surface area contributed by atoms with E-state index in [0.29, 0.717) is 18.9 Å². The zero-order valence-electron chi connectivity index (χ0n) is 24.9. The summed E-state index contributed by atoms with van der Waals surface area (Å²) in [7, 11) is 1.67. The number of nitrogens with zero attached hydrogens (tertiary/aromatic N) is 2. The minimum Gasteiger partial charge on any atom is -0.493 e. The van der Waals surface area contributed by atoms with Gasteiger partial charge in [-0.15, -0.1) is 0 Å². The normalized spacial score (nSPS) is 11.0. The summed E-state index contributed by atoms with van der Waals surface area (Å²) in [5.74, 6) is 1.48. The molecule has 40 heavy (non-hydrogen) atoms. The van der Waals surface area contributed by atoms with E-state index in [1.54, 1.807) is 30.3 Å². The highest BCUT2D eigenvalue weighted by Gasteiger charge is 2.15. The number of methoxy groups -OCH3 is 1. The Morgan fingerprint density at radius 3 is 2.02 bits per heavy atom. The highest BCUT2D eigenvalue weighted by molar-refractivity contribution is 7.07. The molecule has 218 valence electrons. The Labute approximate surface area is 246 Å². The van der Waals surface area contributed by atoms with E-state index in [0.717, 1.165) is 30.0 Å². The van der Waals surface area contributed by atoms with Gasteiger partial charge >= 0.3 is 0 Å².